The molecule has 0 saturated heterocycles. The molecule has 0 spiro atoms. The lowest BCUT2D eigenvalue weighted by atomic mass is 10.1. The zero-order chi connectivity index (χ0) is 19.8. The maximum Gasteiger partial charge on any atom is 0.347 e. The largest absolute Gasteiger partial charge is 0.477 e. The lowest BCUT2D eigenvalue weighted by Gasteiger charge is -2.15. The molecule has 1 amide bonds. The van der Waals surface area contributed by atoms with Gasteiger partial charge in [-0.25, -0.2) is 9.18 Å². The minimum atomic E-state index is -0.963. The van der Waals surface area contributed by atoms with Crippen LogP contribution in [0.5, 0.6) is 5.75 Å². The Morgan fingerprint density at radius 1 is 1.19 bits per heavy atom. The number of carbonyl (C=O) groups is 2. The average Bonchev–Trinajstić information content (AvgIpc) is 2.63. The molecule has 0 unspecified atom stereocenters. The Labute approximate surface area is 166 Å². The number of hydrogen-bond donors (Lipinski definition) is 1. The topological polar surface area (TPSA) is 64.6 Å². The van der Waals surface area contributed by atoms with Gasteiger partial charge in [0.1, 0.15) is 11.6 Å². The minimum absolute atomic E-state index is 0.226. The summed E-state index contributed by atoms with van der Waals surface area (Å²) >= 11 is 11.8. The Kier molecular flexibility index (Phi) is 7.88. The first kappa shape index (κ1) is 21.0. The molecule has 27 heavy (non-hydrogen) atoms. The summed E-state index contributed by atoms with van der Waals surface area (Å²) in [5.74, 6) is -1.26. The van der Waals surface area contributed by atoms with E-state index in [1.165, 1.54) is 25.1 Å². The van der Waals surface area contributed by atoms with Gasteiger partial charge in [-0.05, 0) is 43.2 Å². The number of ether oxygens (including phenoxy) is 2. The van der Waals surface area contributed by atoms with Gasteiger partial charge >= 0.3 is 5.97 Å². The summed E-state index contributed by atoms with van der Waals surface area (Å²) in [6.45, 7) is 1.24. The molecule has 1 N–H and O–H groups in total. The van der Waals surface area contributed by atoms with Crippen molar-refractivity contribution in [2.75, 3.05) is 13.2 Å². The molecule has 0 aromatic heterocycles. The van der Waals surface area contributed by atoms with Gasteiger partial charge in [-0.3, -0.25) is 4.79 Å². The van der Waals surface area contributed by atoms with Crippen LogP contribution in [0.2, 0.25) is 10.0 Å². The SMILES string of the molecule is C[C@H](Oc1ccc(Cl)cc1Cl)C(=O)OCC(=O)NCCc1ccccc1F. The smallest absolute Gasteiger partial charge is 0.347 e. The summed E-state index contributed by atoms with van der Waals surface area (Å²) in [6.07, 6.45) is -0.629. The maximum absolute atomic E-state index is 13.5. The predicted molar refractivity (Wildman–Crippen MR) is 101 cm³/mol. The fraction of sp³-hybridized carbons (Fsp3) is 0.263. The van der Waals surface area contributed by atoms with Crippen molar-refractivity contribution in [3.8, 4) is 5.75 Å². The Morgan fingerprint density at radius 3 is 2.63 bits per heavy atom. The van der Waals surface area contributed by atoms with Crippen LogP contribution in [0.4, 0.5) is 4.39 Å². The predicted octanol–water partition coefficient (Wildman–Crippen LogP) is 3.80. The van der Waals surface area contributed by atoms with Crippen molar-refractivity contribution >= 4 is 35.1 Å². The molecule has 1 atom stereocenters. The molecule has 0 radical (unpaired) electrons. The van der Waals surface area contributed by atoms with Gasteiger partial charge in [0, 0.05) is 11.6 Å². The summed E-state index contributed by atoms with van der Waals surface area (Å²) in [5.41, 5.74) is 0.497. The van der Waals surface area contributed by atoms with Gasteiger partial charge in [-0.2, -0.15) is 0 Å². The van der Waals surface area contributed by atoms with Crippen molar-refractivity contribution in [2.45, 2.75) is 19.4 Å². The molecule has 144 valence electrons. The van der Waals surface area contributed by atoms with Gasteiger partial charge in [0.2, 0.25) is 0 Å². The fourth-order valence-corrected chi connectivity index (χ4v) is 2.61. The number of esters is 1. The van der Waals surface area contributed by atoms with E-state index >= 15 is 0 Å². The molecule has 0 aliphatic heterocycles. The second-order valence-corrected chi connectivity index (χ2v) is 6.48. The zero-order valence-electron chi connectivity index (χ0n) is 14.5. The molecule has 2 aromatic carbocycles. The van der Waals surface area contributed by atoms with Gasteiger partial charge < -0.3 is 14.8 Å². The van der Waals surface area contributed by atoms with Crippen LogP contribution in [0.1, 0.15) is 12.5 Å². The van der Waals surface area contributed by atoms with E-state index in [4.69, 9.17) is 32.7 Å². The number of nitrogens with one attached hydrogen (secondary N) is 1. The number of carbonyl (C=O) groups excluding carboxylic acids is 2. The first-order valence-corrected chi connectivity index (χ1v) is 8.91. The van der Waals surface area contributed by atoms with Crippen molar-refractivity contribution < 1.29 is 23.5 Å². The number of hydrogen-bond acceptors (Lipinski definition) is 4. The van der Waals surface area contributed by atoms with Crippen LogP contribution in [-0.2, 0) is 20.7 Å². The van der Waals surface area contributed by atoms with E-state index in [9.17, 15) is 14.0 Å². The number of halogens is 3. The monoisotopic (exact) mass is 413 g/mol. The highest BCUT2D eigenvalue weighted by molar-refractivity contribution is 6.35. The molecule has 8 heteroatoms. The highest BCUT2D eigenvalue weighted by atomic mass is 35.5. The van der Waals surface area contributed by atoms with Crippen molar-refractivity contribution in [1.29, 1.82) is 0 Å². The van der Waals surface area contributed by atoms with Gasteiger partial charge in [-0.1, -0.05) is 41.4 Å². The third-order valence-corrected chi connectivity index (χ3v) is 4.08. The number of amides is 1. The highest BCUT2D eigenvalue weighted by Gasteiger charge is 2.19. The summed E-state index contributed by atoms with van der Waals surface area (Å²) in [7, 11) is 0. The maximum atomic E-state index is 13.5. The molecule has 2 aromatic rings. The summed E-state index contributed by atoms with van der Waals surface area (Å²) in [4.78, 5) is 23.7. The average molecular weight is 414 g/mol. The first-order valence-electron chi connectivity index (χ1n) is 8.15. The van der Waals surface area contributed by atoms with E-state index in [-0.39, 0.29) is 23.1 Å². The molecular formula is C19H18Cl2FNO4. The molecule has 0 saturated carbocycles. The molecule has 0 heterocycles. The van der Waals surface area contributed by atoms with Gasteiger partial charge in [0.05, 0.1) is 5.02 Å². The van der Waals surface area contributed by atoms with Gasteiger partial charge in [-0.15, -0.1) is 0 Å². The normalized spacial score (nSPS) is 11.6. The van der Waals surface area contributed by atoms with E-state index in [1.807, 2.05) is 0 Å². The van der Waals surface area contributed by atoms with E-state index in [1.54, 1.807) is 24.3 Å². The standard InChI is InChI=1S/C19H18Cl2FNO4/c1-12(27-17-7-6-14(20)10-15(17)21)19(25)26-11-18(24)23-9-8-13-4-2-3-5-16(13)22/h2-7,10,12H,8-9,11H2,1H3,(H,23,24)/t12-/m0/s1. The van der Waals surface area contributed by atoms with Crippen LogP contribution in [0, 0.1) is 5.82 Å². The van der Waals surface area contributed by atoms with Crippen LogP contribution < -0.4 is 10.1 Å². The summed E-state index contributed by atoms with van der Waals surface area (Å²) in [5, 5.41) is 3.26. The molecule has 0 aliphatic carbocycles. The van der Waals surface area contributed by atoms with Crippen LogP contribution >= 0.6 is 23.2 Å². The molecule has 0 fully saturated rings. The van der Waals surface area contributed by atoms with Crippen LogP contribution in [0.3, 0.4) is 0 Å². The lowest BCUT2D eigenvalue weighted by molar-refractivity contribution is -0.154. The quantitative estimate of drug-likeness (QED) is 0.668. The Morgan fingerprint density at radius 2 is 1.93 bits per heavy atom. The van der Waals surface area contributed by atoms with Crippen LogP contribution in [0.25, 0.3) is 0 Å². The zero-order valence-corrected chi connectivity index (χ0v) is 16.0. The summed E-state index contributed by atoms with van der Waals surface area (Å²) < 4.78 is 23.8. The van der Waals surface area contributed by atoms with E-state index < -0.39 is 24.6 Å². The van der Waals surface area contributed by atoms with Crippen molar-refractivity contribution in [1.82, 2.24) is 5.32 Å². The van der Waals surface area contributed by atoms with Crippen LogP contribution in [-0.4, -0.2) is 31.1 Å². The highest BCUT2D eigenvalue weighted by Crippen LogP contribution is 2.28. The van der Waals surface area contributed by atoms with E-state index in [0.29, 0.717) is 17.0 Å². The minimum Gasteiger partial charge on any atom is -0.477 e. The lowest BCUT2D eigenvalue weighted by Crippen LogP contribution is -2.33. The second kappa shape index (κ2) is 10.1. The van der Waals surface area contributed by atoms with Crippen molar-refractivity contribution in [2.24, 2.45) is 0 Å². The fourth-order valence-electron chi connectivity index (χ4n) is 2.15. The first-order chi connectivity index (χ1) is 12.9. The van der Waals surface area contributed by atoms with Crippen molar-refractivity contribution in [3.63, 3.8) is 0 Å². The summed E-state index contributed by atoms with van der Waals surface area (Å²) in [6, 6.07) is 10.9. The third kappa shape index (κ3) is 6.73. The van der Waals surface area contributed by atoms with Gasteiger partial charge in [0.25, 0.3) is 5.91 Å². The Bertz CT molecular complexity index is 816. The molecular weight excluding hydrogens is 396 g/mol. The molecule has 5 nitrogen and oxygen atoms in total. The van der Waals surface area contributed by atoms with Crippen LogP contribution in [0.15, 0.2) is 42.5 Å². The molecule has 0 aliphatic rings. The second-order valence-electron chi connectivity index (χ2n) is 5.63. The van der Waals surface area contributed by atoms with E-state index in [2.05, 4.69) is 5.32 Å². The van der Waals surface area contributed by atoms with Crippen molar-refractivity contribution in [3.05, 3.63) is 63.9 Å². The number of rotatable bonds is 8. The Balaban J connectivity index is 1.72. The third-order valence-electron chi connectivity index (χ3n) is 3.55. The Hall–Kier alpha value is -2.31. The molecule has 0 bridgehead atoms. The number of benzene rings is 2. The van der Waals surface area contributed by atoms with Gasteiger partial charge in [0.15, 0.2) is 12.7 Å². The molecule has 2 rings (SSSR count). The van der Waals surface area contributed by atoms with E-state index in [0.717, 1.165) is 0 Å².